The fourth-order valence-electron chi connectivity index (χ4n) is 2.49. The summed E-state index contributed by atoms with van der Waals surface area (Å²) < 4.78 is 40.4. The van der Waals surface area contributed by atoms with Crippen LogP contribution >= 0.6 is 0 Å². The number of benzene rings is 2. The molecule has 10 heteroatoms. The van der Waals surface area contributed by atoms with Crippen molar-refractivity contribution in [1.29, 1.82) is 0 Å². The maximum Gasteiger partial charge on any atom is 0.416 e. The molecule has 140 valence electrons. The molecule has 1 atom stereocenters. The highest BCUT2D eigenvalue weighted by Gasteiger charge is 2.34. The normalized spacial score (nSPS) is 12.6. The minimum absolute atomic E-state index is 0.281. The number of aromatic nitrogens is 4. The van der Waals surface area contributed by atoms with Gasteiger partial charge >= 0.3 is 6.18 Å². The van der Waals surface area contributed by atoms with Crippen LogP contribution in [0.15, 0.2) is 54.9 Å². The molecule has 0 fully saturated rings. The van der Waals surface area contributed by atoms with Gasteiger partial charge in [0.15, 0.2) is 0 Å². The Balaban J connectivity index is 1.66. The molecule has 0 aliphatic heterocycles. The lowest BCUT2D eigenvalue weighted by Gasteiger charge is -2.18. The maximum atomic E-state index is 13.0. The van der Waals surface area contributed by atoms with Gasteiger partial charge in [-0.25, -0.2) is 4.68 Å². The van der Waals surface area contributed by atoms with Crippen LogP contribution in [0.3, 0.4) is 0 Å². The molecule has 27 heavy (non-hydrogen) atoms. The van der Waals surface area contributed by atoms with Crippen LogP contribution in [-0.4, -0.2) is 37.8 Å². The molecule has 0 aliphatic rings. The monoisotopic (exact) mass is 377 g/mol. The number of aliphatic hydroxyl groups excluding tert-OH is 1. The zero-order chi connectivity index (χ0) is 19.4. The standard InChI is InChI=1S/C17H14F3N5O2/c18-17(19,20)14-4-2-1-3-13(14)15(26)9-21-16(27)11-5-7-12(8-6-11)25-10-22-23-24-25/h1-8,10,15,26H,9H2,(H,21,27)/t15-/m1/s1. The lowest BCUT2D eigenvalue weighted by molar-refractivity contribution is -0.139. The highest BCUT2D eigenvalue weighted by molar-refractivity contribution is 5.94. The molecule has 2 N–H and O–H groups in total. The first-order valence-electron chi connectivity index (χ1n) is 7.82. The molecule has 7 nitrogen and oxygen atoms in total. The second-order valence-corrected chi connectivity index (χ2v) is 5.61. The molecule has 3 rings (SSSR count). The first-order valence-corrected chi connectivity index (χ1v) is 7.82. The van der Waals surface area contributed by atoms with Crippen LogP contribution in [0.2, 0.25) is 0 Å². The number of nitrogens with one attached hydrogen (secondary N) is 1. The summed E-state index contributed by atoms with van der Waals surface area (Å²) in [6.45, 7) is -0.360. The third-order valence-corrected chi connectivity index (χ3v) is 3.82. The fraction of sp³-hybridized carbons (Fsp3) is 0.176. The zero-order valence-electron chi connectivity index (χ0n) is 13.8. The number of nitrogens with zero attached hydrogens (tertiary/aromatic N) is 4. The van der Waals surface area contributed by atoms with E-state index in [-0.39, 0.29) is 17.7 Å². The summed E-state index contributed by atoms with van der Waals surface area (Å²) in [5.74, 6) is -0.526. The Morgan fingerprint density at radius 2 is 1.85 bits per heavy atom. The van der Waals surface area contributed by atoms with Crippen LogP contribution in [0.4, 0.5) is 13.2 Å². The van der Waals surface area contributed by atoms with Crippen LogP contribution in [0.1, 0.15) is 27.6 Å². The number of halogens is 3. The smallest absolute Gasteiger partial charge is 0.387 e. The van der Waals surface area contributed by atoms with Crippen molar-refractivity contribution in [3.8, 4) is 5.69 Å². The van der Waals surface area contributed by atoms with Gasteiger partial charge in [0.05, 0.1) is 17.4 Å². The summed E-state index contributed by atoms with van der Waals surface area (Å²) in [4.78, 5) is 12.2. The lowest BCUT2D eigenvalue weighted by Crippen LogP contribution is -2.29. The molecule has 1 aromatic heterocycles. The number of hydrogen-bond donors (Lipinski definition) is 2. The average Bonchev–Trinajstić information content (AvgIpc) is 3.20. The predicted molar refractivity (Wildman–Crippen MR) is 87.9 cm³/mol. The highest BCUT2D eigenvalue weighted by atomic mass is 19.4. The quantitative estimate of drug-likeness (QED) is 0.711. The molecule has 3 aromatic rings. The van der Waals surface area contributed by atoms with Gasteiger partial charge in [0.1, 0.15) is 6.33 Å². The molecule has 2 aromatic carbocycles. The van der Waals surface area contributed by atoms with Gasteiger partial charge in [-0.2, -0.15) is 13.2 Å². The Labute approximate surface area is 151 Å². The first-order chi connectivity index (χ1) is 12.9. The summed E-state index contributed by atoms with van der Waals surface area (Å²) in [6, 6.07) is 11.0. The maximum absolute atomic E-state index is 13.0. The third kappa shape index (κ3) is 4.29. The summed E-state index contributed by atoms with van der Waals surface area (Å²) >= 11 is 0. The van der Waals surface area contributed by atoms with Crippen molar-refractivity contribution in [3.63, 3.8) is 0 Å². The summed E-state index contributed by atoms with van der Waals surface area (Å²) in [6.07, 6.45) is -4.69. The van der Waals surface area contributed by atoms with Gasteiger partial charge in [0, 0.05) is 12.1 Å². The van der Waals surface area contributed by atoms with Gasteiger partial charge in [-0.05, 0) is 46.3 Å². The molecule has 0 aliphatic carbocycles. The second kappa shape index (κ2) is 7.54. The van der Waals surface area contributed by atoms with Gasteiger partial charge in [-0.1, -0.05) is 18.2 Å². The first kappa shape index (κ1) is 18.5. The topological polar surface area (TPSA) is 92.9 Å². The van der Waals surface area contributed by atoms with E-state index in [0.29, 0.717) is 5.69 Å². The van der Waals surface area contributed by atoms with Crippen LogP contribution < -0.4 is 5.32 Å². The number of hydrogen-bond acceptors (Lipinski definition) is 5. The summed E-state index contributed by atoms with van der Waals surface area (Å²) in [5.41, 5.74) is -0.310. The Morgan fingerprint density at radius 1 is 1.15 bits per heavy atom. The molecule has 0 unspecified atom stereocenters. The van der Waals surface area contributed by atoms with Crippen LogP contribution in [0.25, 0.3) is 5.69 Å². The number of alkyl halides is 3. The predicted octanol–water partition coefficient (Wildman–Crippen LogP) is 2.14. The van der Waals surface area contributed by atoms with E-state index in [4.69, 9.17) is 0 Å². The van der Waals surface area contributed by atoms with Crippen LogP contribution in [0.5, 0.6) is 0 Å². The lowest BCUT2D eigenvalue weighted by atomic mass is 10.0. The van der Waals surface area contributed by atoms with E-state index < -0.39 is 23.8 Å². The molecule has 0 bridgehead atoms. The molecule has 1 amide bonds. The zero-order valence-corrected chi connectivity index (χ0v) is 13.8. The van der Waals surface area contributed by atoms with Gasteiger partial charge < -0.3 is 10.4 Å². The number of rotatable bonds is 5. The minimum atomic E-state index is -4.59. The SMILES string of the molecule is O=C(NC[C@@H](O)c1ccccc1C(F)(F)F)c1ccc(-n2cnnn2)cc1. The molecule has 0 saturated heterocycles. The van der Waals surface area contributed by atoms with Gasteiger partial charge in [-0.3, -0.25) is 4.79 Å². The van der Waals surface area contributed by atoms with Crippen molar-refractivity contribution in [2.75, 3.05) is 6.54 Å². The number of tetrazole rings is 1. The Hall–Kier alpha value is -3.27. The molecule has 1 heterocycles. The Bertz CT molecular complexity index is 911. The van der Waals surface area contributed by atoms with Gasteiger partial charge in [-0.15, -0.1) is 5.10 Å². The number of carbonyl (C=O) groups excluding carboxylic acids is 1. The Morgan fingerprint density at radius 3 is 2.48 bits per heavy atom. The van der Waals surface area contributed by atoms with E-state index in [1.807, 2.05) is 0 Å². The summed E-state index contributed by atoms with van der Waals surface area (Å²) in [5, 5.41) is 23.2. The van der Waals surface area contributed by atoms with Crippen LogP contribution in [0, 0.1) is 0 Å². The van der Waals surface area contributed by atoms with Gasteiger partial charge in [0.2, 0.25) is 0 Å². The van der Waals surface area contributed by atoms with E-state index in [9.17, 15) is 23.1 Å². The Kier molecular flexibility index (Phi) is 5.17. The molecule has 0 spiro atoms. The average molecular weight is 377 g/mol. The van der Waals surface area contributed by atoms with E-state index in [1.165, 1.54) is 41.3 Å². The van der Waals surface area contributed by atoms with Crippen molar-refractivity contribution in [1.82, 2.24) is 25.5 Å². The van der Waals surface area contributed by atoms with Crippen molar-refractivity contribution in [2.24, 2.45) is 0 Å². The van der Waals surface area contributed by atoms with Crippen LogP contribution in [-0.2, 0) is 6.18 Å². The molecule has 0 radical (unpaired) electrons. The summed E-state index contributed by atoms with van der Waals surface area (Å²) in [7, 11) is 0. The van der Waals surface area contributed by atoms with Gasteiger partial charge in [0.25, 0.3) is 5.91 Å². The fourth-order valence-corrected chi connectivity index (χ4v) is 2.49. The molecule has 0 saturated carbocycles. The highest BCUT2D eigenvalue weighted by Crippen LogP contribution is 2.34. The number of amides is 1. The van der Waals surface area contributed by atoms with Crippen molar-refractivity contribution in [2.45, 2.75) is 12.3 Å². The number of carbonyl (C=O) groups is 1. The van der Waals surface area contributed by atoms with E-state index in [2.05, 4.69) is 20.8 Å². The third-order valence-electron chi connectivity index (χ3n) is 3.82. The number of aliphatic hydroxyl groups is 1. The largest absolute Gasteiger partial charge is 0.416 e. The molecular weight excluding hydrogens is 363 g/mol. The molecular formula is C17H14F3N5O2. The van der Waals surface area contributed by atoms with E-state index in [0.717, 1.165) is 6.07 Å². The van der Waals surface area contributed by atoms with Crippen molar-refractivity contribution < 1.29 is 23.1 Å². The van der Waals surface area contributed by atoms with Crippen molar-refractivity contribution >= 4 is 5.91 Å². The van der Waals surface area contributed by atoms with E-state index in [1.54, 1.807) is 12.1 Å². The van der Waals surface area contributed by atoms with Crippen molar-refractivity contribution in [3.05, 3.63) is 71.5 Å². The second-order valence-electron chi connectivity index (χ2n) is 5.61. The van der Waals surface area contributed by atoms with E-state index >= 15 is 0 Å². The minimum Gasteiger partial charge on any atom is -0.387 e.